The van der Waals surface area contributed by atoms with Crippen molar-refractivity contribution in [3.63, 3.8) is 0 Å². The molecule has 0 spiro atoms. The number of hydrogen-bond donors (Lipinski definition) is 2. The van der Waals surface area contributed by atoms with Gasteiger partial charge in [0.25, 0.3) is 0 Å². The van der Waals surface area contributed by atoms with E-state index in [0.29, 0.717) is 0 Å². The second-order valence-corrected chi connectivity index (χ2v) is 5.41. The smallest absolute Gasteiger partial charge is 0.416 e. The van der Waals surface area contributed by atoms with Crippen LogP contribution in [0.25, 0.3) is 11.3 Å². The van der Waals surface area contributed by atoms with E-state index in [9.17, 15) is 35.9 Å². The third-order valence-corrected chi connectivity index (χ3v) is 3.80. The minimum Gasteiger partial charge on any atom is -0.478 e. The summed E-state index contributed by atoms with van der Waals surface area (Å²) in [5.41, 5.74) is -5.91. The van der Waals surface area contributed by atoms with Gasteiger partial charge in [-0.1, -0.05) is 0 Å². The van der Waals surface area contributed by atoms with Gasteiger partial charge in [-0.3, -0.25) is 0 Å². The van der Waals surface area contributed by atoms with E-state index in [4.69, 9.17) is 10.2 Å². The molecule has 12 heteroatoms. The second-order valence-electron chi connectivity index (χ2n) is 4.64. The molecule has 0 aliphatic heterocycles. The fourth-order valence-electron chi connectivity index (χ4n) is 1.92. The van der Waals surface area contributed by atoms with Gasteiger partial charge in [0.15, 0.2) is 0 Å². The topological polar surface area (TPSA) is 87.5 Å². The Morgan fingerprint density at radius 2 is 1.36 bits per heavy atom. The van der Waals surface area contributed by atoms with Crippen molar-refractivity contribution in [2.24, 2.45) is 0 Å². The largest absolute Gasteiger partial charge is 0.478 e. The molecular formula is C13H5F6NO4S. The molecular weight excluding hydrogens is 380 g/mol. The Bertz CT molecular complexity index is 823. The summed E-state index contributed by atoms with van der Waals surface area (Å²) in [5, 5.41) is 18.0. The Labute approximate surface area is 138 Å². The molecule has 2 rings (SSSR count). The minimum atomic E-state index is -5.13. The molecule has 0 saturated heterocycles. The van der Waals surface area contributed by atoms with E-state index in [2.05, 4.69) is 4.37 Å². The van der Waals surface area contributed by atoms with Crippen LogP contribution in [0, 0.1) is 0 Å². The van der Waals surface area contributed by atoms with E-state index >= 15 is 0 Å². The Morgan fingerprint density at radius 3 is 1.72 bits per heavy atom. The predicted octanol–water partition coefficient (Wildman–Crippen LogP) is 4.24. The monoisotopic (exact) mass is 385 g/mol. The summed E-state index contributed by atoms with van der Waals surface area (Å²) in [7, 11) is 0. The first-order valence-electron chi connectivity index (χ1n) is 6.08. The van der Waals surface area contributed by atoms with Crippen molar-refractivity contribution in [2.75, 3.05) is 0 Å². The lowest BCUT2D eigenvalue weighted by Gasteiger charge is -2.13. The normalized spacial score (nSPS) is 12.2. The average Bonchev–Trinajstić information content (AvgIpc) is 2.90. The number of aromatic carboxylic acids is 2. The Hall–Kier alpha value is -2.63. The molecule has 0 saturated carbocycles. The number of hydrogen-bond acceptors (Lipinski definition) is 4. The molecule has 0 bridgehead atoms. The number of alkyl halides is 6. The molecule has 0 aliphatic carbocycles. The van der Waals surface area contributed by atoms with E-state index in [0.717, 1.165) is 0 Å². The average molecular weight is 385 g/mol. The standard InChI is InChI=1S/C13H5F6NO4S/c14-12(15,16)5-1-4(2-6(3-5)13(17,18)19)8-7(10(21)22)9(11(23)24)25-20-8/h1-3H,(H,21,22)(H,23,24). The highest BCUT2D eigenvalue weighted by Gasteiger charge is 2.38. The van der Waals surface area contributed by atoms with Crippen LogP contribution in [0.1, 0.15) is 31.2 Å². The van der Waals surface area contributed by atoms with Gasteiger partial charge in [-0.15, -0.1) is 0 Å². The number of halogens is 6. The van der Waals surface area contributed by atoms with Crippen LogP contribution in [0.4, 0.5) is 26.3 Å². The van der Waals surface area contributed by atoms with Crippen LogP contribution in [-0.4, -0.2) is 26.5 Å². The third kappa shape index (κ3) is 3.73. The molecule has 134 valence electrons. The molecule has 1 aromatic heterocycles. The van der Waals surface area contributed by atoms with Gasteiger partial charge in [-0.25, -0.2) is 9.59 Å². The maximum absolute atomic E-state index is 12.8. The summed E-state index contributed by atoms with van der Waals surface area (Å²) in [5.74, 6) is -3.56. The van der Waals surface area contributed by atoms with Crippen LogP contribution >= 0.6 is 11.5 Å². The maximum Gasteiger partial charge on any atom is 0.416 e. The molecule has 0 unspecified atom stereocenters. The van der Waals surface area contributed by atoms with E-state index in [1.54, 1.807) is 0 Å². The fourth-order valence-corrected chi connectivity index (χ4v) is 2.66. The van der Waals surface area contributed by atoms with Crippen molar-refractivity contribution >= 4 is 23.5 Å². The minimum absolute atomic E-state index is 0.131. The lowest BCUT2D eigenvalue weighted by Crippen LogP contribution is -2.12. The fraction of sp³-hybridized carbons (Fsp3) is 0.154. The van der Waals surface area contributed by atoms with Crippen LogP contribution < -0.4 is 0 Å². The van der Waals surface area contributed by atoms with Gasteiger partial charge < -0.3 is 10.2 Å². The van der Waals surface area contributed by atoms with Crippen molar-refractivity contribution in [3.05, 3.63) is 39.8 Å². The summed E-state index contributed by atoms with van der Waals surface area (Å²) in [6.45, 7) is 0. The first-order valence-corrected chi connectivity index (χ1v) is 6.86. The zero-order valence-corrected chi connectivity index (χ0v) is 12.4. The van der Waals surface area contributed by atoms with Crippen LogP contribution in [0.2, 0.25) is 0 Å². The molecule has 2 N–H and O–H groups in total. The summed E-state index contributed by atoms with van der Waals surface area (Å²) in [6, 6.07) is 0.430. The highest BCUT2D eigenvalue weighted by molar-refractivity contribution is 7.08. The van der Waals surface area contributed by atoms with E-state index in [-0.39, 0.29) is 29.7 Å². The number of nitrogens with zero attached hydrogens (tertiary/aromatic N) is 1. The molecule has 0 fully saturated rings. The molecule has 0 radical (unpaired) electrons. The number of carboxylic acid groups (broad SMARTS) is 2. The van der Waals surface area contributed by atoms with E-state index < -0.39 is 57.1 Å². The number of rotatable bonds is 3. The summed E-state index contributed by atoms with van der Waals surface area (Å²) in [4.78, 5) is 21.4. The number of aromatic nitrogens is 1. The highest BCUT2D eigenvalue weighted by atomic mass is 32.1. The molecule has 1 heterocycles. The number of benzene rings is 1. The molecule has 25 heavy (non-hydrogen) atoms. The van der Waals surface area contributed by atoms with Crippen molar-refractivity contribution in [1.29, 1.82) is 0 Å². The van der Waals surface area contributed by atoms with Gasteiger partial charge in [0.2, 0.25) is 0 Å². The number of carbonyl (C=O) groups is 2. The number of carboxylic acids is 2. The van der Waals surface area contributed by atoms with E-state index in [1.807, 2.05) is 0 Å². The summed E-state index contributed by atoms with van der Waals surface area (Å²) >= 11 is 0.141. The Morgan fingerprint density at radius 1 is 0.880 bits per heavy atom. The predicted molar refractivity (Wildman–Crippen MR) is 71.5 cm³/mol. The summed E-state index contributed by atoms with van der Waals surface area (Å²) in [6.07, 6.45) is -10.3. The van der Waals surface area contributed by atoms with Gasteiger partial charge in [-0.05, 0) is 29.7 Å². The van der Waals surface area contributed by atoms with Crippen molar-refractivity contribution in [2.45, 2.75) is 12.4 Å². The molecule has 5 nitrogen and oxygen atoms in total. The van der Waals surface area contributed by atoms with Gasteiger partial charge in [-0.2, -0.15) is 30.7 Å². The quantitative estimate of drug-likeness (QED) is 0.772. The Balaban J connectivity index is 2.80. The van der Waals surface area contributed by atoms with E-state index in [1.165, 1.54) is 0 Å². The molecule has 0 amide bonds. The lowest BCUT2D eigenvalue weighted by atomic mass is 10.00. The van der Waals surface area contributed by atoms with Crippen molar-refractivity contribution in [1.82, 2.24) is 4.37 Å². The molecule has 0 aliphatic rings. The lowest BCUT2D eigenvalue weighted by molar-refractivity contribution is -0.143. The molecule has 1 aromatic carbocycles. The van der Waals surface area contributed by atoms with Gasteiger partial charge in [0.05, 0.1) is 16.8 Å². The van der Waals surface area contributed by atoms with Crippen LogP contribution in [0.15, 0.2) is 18.2 Å². The first kappa shape index (κ1) is 18.7. The summed E-state index contributed by atoms with van der Waals surface area (Å²) < 4.78 is 80.5. The SMILES string of the molecule is O=C(O)c1snc(-c2cc(C(F)(F)F)cc(C(F)(F)F)c2)c1C(=O)O. The molecule has 2 aromatic rings. The van der Waals surface area contributed by atoms with Crippen molar-refractivity contribution < 1.29 is 46.1 Å². The van der Waals surface area contributed by atoms with Gasteiger partial charge in [0, 0.05) is 5.56 Å². The maximum atomic E-state index is 12.8. The van der Waals surface area contributed by atoms with Crippen molar-refractivity contribution in [3.8, 4) is 11.3 Å². The third-order valence-electron chi connectivity index (χ3n) is 2.96. The zero-order valence-electron chi connectivity index (χ0n) is 11.6. The van der Waals surface area contributed by atoms with Gasteiger partial charge >= 0.3 is 24.3 Å². The molecule has 0 atom stereocenters. The second kappa shape index (κ2) is 6.02. The Kier molecular flexibility index (Phi) is 4.51. The van der Waals surface area contributed by atoms with Crippen LogP contribution in [0.3, 0.4) is 0 Å². The first-order chi connectivity index (χ1) is 11.3. The highest BCUT2D eigenvalue weighted by Crippen LogP contribution is 2.39. The van der Waals surface area contributed by atoms with Gasteiger partial charge in [0.1, 0.15) is 10.4 Å². The zero-order chi connectivity index (χ0) is 19.2. The van der Waals surface area contributed by atoms with Crippen LogP contribution in [-0.2, 0) is 12.4 Å². The van der Waals surface area contributed by atoms with Crippen LogP contribution in [0.5, 0.6) is 0 Å².